The molecule has 0 spiro atoms. The van der Waals surface area contributed by atoms with Crippen LogP contribution in [0.1, 0.15) is 47.1 Å². The molecule has 3 atom stereocenters. The van der Waals surface area contributed by atoms with Gasteiger partial charge in [-0.1, -0.05) is 51.1 Å². The summed E-state index contributed by atoms with van der Waals surface area (Å²) in [5, 5.41) is 13.9. The largest absolute Gasteiger partial charge is 0.390 e. The molecule has 0 saturated carbocycles. The van der Waals surface area contributed by atoms with Crippen molar-refractivity contribution in [3.05, 3.63) is 35.9 Å². The van der Waals surface area contributed by atoms with Crippen LogP contribution < -0.4 is 10.0 Å². The topological polar surface area (TPSA) is 133 Å². The maximum Gasteiger partial charge on any atom is 0.280 e. The van der Waals surface area contributed by atoms with Gasteiger partial charge in [-0.05, 0) is 38.7 Å². The quantitative estimate of drug-likeness (QED) is 0.360. The number of aliphatic hydroxyl groups excluding tert-OH is 1. The molecule has 0 aliphatic heterocycles. The molecule has 34 heavy (non-hydrogen) atoms. The molecular formula is C23H41N3O6S2. The van der Waals surface area contributed by atoms with Gasteiger partial charge in [0.1, 0.15) is 9.84 Å². The van der Waals surface area contributed by atoms with E-state index in [9.17, 15) is 26.7 Å². The predicted molar refractivity (Wildman–Crippen MR) is 135 cm³/mol. The lowest BCUT2D eigenvalue weighted by molar-refractivity contribution is -0.125. The standard InChI is InChI=1S/C23H41N3O6S2/c1-17(2)14-26(34(31,32)25-23(4,5)6)15-21(27)20(13-19-11-9-8-10-12-19)24-22(28)18(3)16-33(7,29)30/h8-12,17-18,20-21,25,27H,13-16H2,1-7H3,(H,24,28)/t18-,20+,21-/m1/s1. The van der Waals surface area contributed by atoms with E-state index in [1.165, 1.54) is 11.2 Å². The number of rotatable bonds is 13. The summed E-state index contributed by atoms with van der Waals surface area (Å²) in [6.07, 6.45) is 0.0795. The first-order valence-corrected chi connectivity index (χ1v) is 14.9. The highest BCUT2D eigenvalue weighted by Crippen LogP contribution is 2.14. The fourth-order valence-corrected chi connectivity index (χ4v) is 6.28. The highest BCUT2D eigenvalue weighted by atomic mass is 32.2. The van der Waals surface area contributed by atoms with Gasteiger partial charge in [0.15, 0.2) is 0 Å². The maximum atomic E-state index is 13.0. The number of nitrogens with zero attached hydrogens (tertiary/aromatic N) is 1. The van der Waals surface area contributed by atoms with E-state index in [4.69, 9.17) is 0 Å². The third kappa shape index (κ3) is 11.7. The summed E-state index contributed by atoms with van der Waals surface area (Å²) in [7, 11) is -7.29. The highest BCUT2D eigenvalue weighted by Gasteiger charge is 2.33. The molecule has 0 heterocycles. The molecule has 11 heteroatoms. The van der Waals surface area contributed by atoms with E-state index in [-0.39, 0.29) is 31.2 Å². The van der Waals surface area contributed by atoms with E-state index in [0.29, 0.717) is 0 Å². The summed E-state index contributed by atoms with van der Waals surface area (Å²) < 4.78 is 53.1. The molecule has 0 aromatic heterocycles. The third-order valence-corrected chi connectivity index (χ3v) is 7.78. The molecule has 0 bridgehead atoms. The second-order valence-corrected chi connectivity index (χ2v) is 14.3. The summed E-state index contributed by atoms with van der Waals surface area (Å²) in [6, 6.07) is 8.37. The number of hydrogen-bond acceptors (Lipinski definition) is 6. The summed E-state index contributed by atoms with van der Waals surface area (Å²) >= 11 is 0. The number of sulfone groups is 1. The molecule has 9 nitrogen and oxygen atoms in total. The molecule has 3 N–H and O–H groups in total. The molecule has 0 saturated heterocycles. The van der Waals surface area contributed by atoms with Crippen molar-refractivity contribution >= 4 is 26.0 Å². The zero-order valence-corrected chi connectivity index (χ0v) is 22.9. The van der Waals surface area contributed by atoms with Crippen LogP contribution in [-0.2, 0) is 31.3 Å². The van der Waals surface area contributed by atoms with Gasteiger partial charge in [-0.15, -0.1) is 0 Å². The van der Waals surface area contributed by atoms with E-state index in [0.717, 1.165) is 11.8 Å². The van der Waals surface area contributed by atoms with Crippen molar-refractivity contribution in [2.45, 2.75) is 65.6 Å². The molecule has 0 aliphatic rings. The SMILES string of the molecule is CC(C)CN(C[C@@H](O)[C@H](Cc1ccccc1)NC(=O)[C@H](C)CS(C)(=O)=O)S(=O)(=O)NC(C)(C)C. The van der Waals surface area contributed by atoms with Crippen LogP contribution in [0.2, 0.25) is 0 Å². The van der Waals surface area contributed by atoms with E-state index in [1.54, 1.807) is 20.8 Å². The second-order valence-electron chi connectivity index (χ2n) is 10.4. The Labute approximate surface area is 205 Å². The number of carbonyl (C=O) groups excluding carboxylic acids is 1. The van der Waals surface area contributed by atoms with Crippen molar-refractivity contribution in [3.8, 4) is 0 Å². The Bertz CT molecular complexity index is 989. The lowest BCUT2D eigenvalue weighted by Crippen LogP contribution is -2.55. The van der Waals surface area contributed by atoms with Crippen LogP contribution in [0.5, 0.6) is 0 Å². The summed E-state index contributed by atoms with van der Waals surface area (Å²) in [6.45, 7) is 10.4. The summed E-state index contributed by atoms with van der Waals surface area (Å²) in [5.41, 5.74) is 0.131. The second kappa shape index (κ2) is 12.4. The number of amides is 1. The van der Waals surface area contributed by atoms with Gasteiger partial charge in [0, 0.05) is 30.8 Å². The van der Waals surface area contributed by atoms with Gasteiger partial charge < -0.3 is 10.4 Å². The van der Waals surface area contributed by atoms with Crippen LogP contribution in [0.15, 0.2) is 30.3 Å². The number of aliphatic hydroxyl groups is 1. The monoisotopic (exact) mass is 519 g/mol. The fourth-order valence-electron chi connectivity index (χ4n) is 3.47. The van der Waals surface area contributed by atoms with Gasteiger partial charge in [-0.2, -0.15) is 17.4 Å². The number of nitrogens with one attached hydrogen (secondary N) is 2. The Hall–Kier alpha value is -1.53. The lowest BCUT2D eigenvalue weighted by Gasteiger charge is -2.33. The first-order chi connectivity index (χ1) is 15.4. The fraction of sp³-hybridized carbons (Fsp3) is 0.696. The molecule has 1 rings (SSSR count). The van der Waals surface area contributed by atoms with Crippen molar-refractivity contribution < 1.29 is 26.7 Å². The van der Waals surface area contributed by atoms with Gasteiger partial charge in [0.2, 0.25) is 5.91 Å². The van der Waals surface area contributed by atoms with Crippen molar-refractivity contribution in [2.24, 2.45) is 11.8 Å². The molecule has 1 aromatic carbocycles. The summed E-state index contributed by atoms with van der Waals surface area (Å²) in [4.78, 5) is 12.7. The molecule has 1 aromatic rings. The van der Waals surface area contributed by atoms with Gasteiger partial charge in [-0.3, -0.25) is 4.79 Å². The molecule has 196 valence electrons. The molecule has 0 radical (unpaired) electrons. The van der Waals surface area contributed by atoms with Gasteiger partial charge >= 0.3 is 0 Å². The molecule has 0 fully saturated rings. The average molecular weight is 520 g/mol. The van der Waals surface area contributed by atoms with E-state index in [1.807, 2.05) is 44.2 Å². The van der Waals surface area contributed by atoms with Gasteiger partial charge in [0.05, 0.1) is 17.9 Å². The lowest BCUT2D eigenvalue weighted by atomic mass is 10.00. The molecule has 0 aliphatic carbocycles. The molecule has 1 amide bonds. The average Bonchev–Trinajstić information content (AvgIpc) is 2.64. The van der Waals surface area contributed by atoms with Crippen molar-refractivity contribution in [3.63, 3.8) is 0 Å². The van der Waals surface area contributed by atoms with Crippen molar-refractivity contribution in [2.75, 3.05) is 25.1 Å². The zero-order valence-electron chi connectivity index (χ0n) is 21.3. The number of benzene rings is 1. The Kier molecular flexibility index (Phi) is 11.2. The normalized spacial score (nSPS) is 15.8. The zero-order chi connectivity index (χ0) is 26.3. The Morgan fingerprint density at radius 1 is 1.03 bits per heavy atom. The highest BCUT2D eigenvalue weighted by molar-refractivity contribution is 7.90. The first kappa shape index (κ1) is 30.5. The Balaban J connectivity index is 3.18. The maximum absolute atomic E-state index is 13.0. The van der Waals surface area contributed by atoms with E-state index < -0.39 is 49.6 Å². The summed E-state index contributed by atoms with van der Waals surface area (Å²) in [5.74, 6) is -1.66. The predicted octanol–water partition coefficient (Wildman–Crippen LogP) is 1.35. The first-order valence-electron chi connectivity index (χ1n) is 11.4. The van der Waals surface area contributed by atoms with Crippen molar-refractivity contribution in [1.29, 1.82) is 0 Å². The number of hydrogen-bond donors (Lipinski definition) is 3. The van der Waals surface area contributed by atoms with E-state index >= 15 is 0 Å². The van der Waals surface area contributed by atoms with Crippen LogP contribution in [0.25, 0.3) is 0 Å². The van der Waals surface area contributed by atoms with Crippen LogP contribution in [0.4, 0.5) is 0 Å². The minimum Gasteiger partial charge on any atom is -0.390 e. The van der Waals surface area contributed by atoms with Crippen molar-refractivity contribution in [1.82, 2.24) is 14.3 Å². The van der Waals surface area contributed by atoms with E-state index in [2.05, 4.69) is 10.0 Å². The van der Waals surface area contributed by atoms with Crippen LogP contribution in [-0.4, -0.2) is 74.9 Å². The Morgan fingerprint density at radius 3 is 2.06 bits per heavy atom. The van der Waals surface area contributed by atoms with Crippen LogP contribution in [0, 0.1) is 11.8 Å². The molecular weight excluding hydrogens is 478 g/mol. The smallest absolute Gasteiger partial charge is 0.280 e. The van der Waals surface area contributed by atoms with Crippen LogP contribution in [0.3, 0.4) is 0 Å². The minimum atomic E-state index is -3.91. The molecule has 0 unspecified atom stereocenters. The van der Waals surface area contributed by atoms with Gasteiger partial charge in [0.25, 0.3) is 10.2 Å². The van der Waals surface area contributed by atoms with Crippen LogP contribution >= 0.6 is 0 Å². The Morgan fingerprint density at radius 2 is 1.59 bits per heavy atom. The third-order valence-electron chi connectivity index (χ3n) is 4.83. The van der Waals surface area contributed by atoms with Gasteiger partial charge in [-0.25, -0.2) is 8.42 Å². The number of carbonyl (C=O) groups is 1. The minimum absolute atomic E-state index is 0.000640.